The molecule has 2 rings (SSSR count). The summed E-state index contributed by atoms with van der Waals surface area (Å²) in [6.07, 6.45) is 1.28. The normalized spacial score (nSPS) is 19.6. The van der Waals surface area contributed by atoms with Crippen molar-refractivity contribution in [2.75, 3.05) is 43.8 Å². The van der Waals surface area contributed by atoms with E-state index in [4.69, 9.17) is 10.5 Å². The summed E-state index contributed by atoms with van der Waals surface area (Å²) in [6.45, 7) is 9.45. The third-order valence-electron chi connectivity index (χ3n) is 3.65. The number of nitrogens with two attached hydrogens (primary N) is 1. The van der Waals surface area contributed by atoms with Gasteiger partial charge < -0.3 is 20.7 Å². The van der Waals surface area contributed by atoms with Crippen LogP contribution < -0.4 is 15.8 Å². The van der Waals surface area contributed by atoms with Gasteiger partial charge in [-0.3, -0.25) is 0 Å². The SMILES string of the molecule is CCOc1cc(N)cc(NCC2CCN(CC)C2)c1. The van der Waals surface area contributed by atoms with Crippen LogP contribution in [0.25, 0.3) is 0 Å². The minimum absolute atomic E-state index is 0.664. The van der Waals surface area contributed by atoms with Gasteiger partial charge in [-0.05, 0) is 38.4 Å². The van der Waals surface area contributed by atoms with Crippen molar-refractivity contribution < 1.29 is 4.74 Å². The van der Waals surface area contributed by atoms with Crippen molar-refractivity contribution in [3.8, 4) is 5.75 Å². The second-order valence-electron chi connectivity index (χ2n) is 5.15. The highest BCUT2D eigenvalue weighted by molar-refractivity contribution is 5.59. The predicted molar refractivity (Wildman–Crippen MR) is 80.7 cm³/mol. The third-order valence-corrected chi connectivity index (χ3v) is 3.65. The second kappa shape index (κ2) is 6.66. The number of nitrogens with zero attached hydrogens (tertiary/aromatic N) is 1. The topological polar surface area (TPSA) is 50.5 Å². The summed E-state index contributed by atoms with van der Waals surface area (Å²) in [6, 6.07) is 5.85. The molecule has 1 aromatic carbocycles. The van der Waals surface area contributed by atoms with Gasteiger partial charge in [0.1, 0.15) is 5.75 Å². The van der Waals surface area contributed by atoms with E-state index in [9.17, 15) is 0 Å². The number of anilines is 2. The number of benzene rings is 1. The van der Waals surface area contributed by atoms with Gasteiger partial charge >= 0.3 is 0 Å². The molecule has 1 aromatic rings. The van der Waals surface area contributed by atoms with E-state index in [1.807, 2.05) is 25.1 Å². The summed E-state index contributed by atoms with van der Waals surface area (Å²) in [5, 5.41) is 3.48. The summed E-state index contributed by atoms with van der Waals surface area (Å²) < 4.78 is 5.51. The monoisotopic (exact) mass is 263 g/mol. The van der Waals surface area contributed by atoms with Crippen LogP contribution in [-0.4, -0.2) is 37.7 Å². The largest absolute Gasteiger partial charge is 0.494 e. The molecule has 19 heavy (non-hydrogen) atoms. The quantitative estimate of drug-likeness (QED) is 0.774. The van der Waals surface area contributed by atoms with Gasteiger partial charge in [-0.25, -0.2) is 0 Å². The van der Waals surface area contributed by atoms with Crippen LogP contribution in [0, 0.1) is 5.92 Å². The fraction of sp³-hybridized carbons (Fsp3) is 0.600. The number of nitrogens with one attached hydrogen (secondary N) is 1. The molecule has 0 aliphatic carbocycles. The zero-order valence-electron chi connectivity index (χ0n) is 12.0. The van der Waals surface area contributed by atoms with E-state index in [1.165, 1.54) is 19.5 Å². The minimum Gasteiger partial charge on any atom is -0.494 e. The van der Waals surface area contributed by atoms with Gasteiger partial charge in [0.15, 0.2) is 0 Å². The van der Waals surface area contributed by atoms with Gasteiger partial charge in [0, 0.05) is 36.6 Å². The molecule has 0 spiro atoms. The minimum atomic E-state index is 0.664. The van der Waals surface area contributed by atoms with Gasteiger partial charge in [-0.2, -0.15) is 0 Å². The molecule has 0 radical (unpaired) electrons. The van der Waals surface area contributed by atoms with Crippen LogP contribution in [0.15, 0.2) is 18.2 Å². The Kier molecular flexibility index (Phi) is 4.91. The average Bonchev–Trinajstić information content (AvgIpc) is 2.84. The van der Waals surface area contributed by atoms with Crippen LogP contribution >= 0.6 is 0 Å². The van der Waals surface area contributed by atoms with Crippen molar-refractivity contribution in [3.05, 3.63) is 18.2 Å². The average molecular weight is 263 g/mol. The Balaban J connectivity index is 1.88. The van der Waals surface area contributed by atoms with Crippen LogP contribution in [0.3, 0.4) is 0 Å². The van der Waals surface area contributed by atoms with Gasteiger partial charge in [0.25, 0.3) is 0 Å². The summed E-state index contributed by atoms with van der Waals surface area (Å²) in [5.74, 6) is 1.57. The molecule has 1 saturated heterocycles. The molecule has 4 nitrogen and oxygen atoms in total. The van der Waals surface area contributed by atoms with Crippen LogP contribution in [0.5, 0.6) is 5.75 Å². The first kappa shape index (κ1) is 14.0. The van der Waals surface area contributed by atoms with Crippen molar-refractivity contribution in [3.63, 3.8) is 0 Å². The van der Waals surface area contributed by atoms with Gasteiger partial charge in [-0.15, -0.1) is 0 Å². The zero-order chi connectivity index (χ0) is 13.7. The summed E-state index contributed by atoms with van der Waals surface area (Å²) >= 11 is 0. The maximum atomic E-state index is 5.89. The molecule has 4 heteroatoms. The maximum absolute atomic E-state index is 5.89. The highest BCUT2D eigenvalue weighted by atomic mass is 16.5. The lowest BCUT2D eigenvalue weighted by atomic mass is 10.1. The lowest BCUT2D eigenvalue weighted by Crippen LogP contribution is -2.22. The smallest absolute Gasteiger partial charge is 0.123 e. The number of rotatable bonds is 6. The van der Waals surface area contributed by atoms with E-state index >= 15 is 0 Å². The van der Waals surface area contributed by atoms with Crippen molar-refractivity contribution in [2.45, 2.75) is 20.3 Å². The lowest BCUT2D eigenvalue weighted by Gasteiger charge is -2.15. The molecule has 1 aliphatic heterocycles. The van der Waals surface area contributed by atoms with Crippen molar-refractivity contribution in [2.24, 2.45) is 5.92 Å². The van der Waals surface area contributed by atoms with E-state index < -0.39 is 0 Å². The number of hydrogen-bond acceptors (Lipinski definition) is 4. The zero-order valence-corrected chi connectivity index (χ0v) is 12.0. The highest BCUT2D eigenvalue weighted by Gasteiger charge is 2.20. The van der Waals surface area contributed by atoms with E-state index in [1.54, 1.807) is 0 Å². The molecular weight excluding hydrogens is 238 g/mol. The molecule has 0 bridgehead atoms. The van der Waals surface area contributed by atoms with Crippen LogP contribution in [0.4, 0.5) is 11.4 Å². The van der Waals surface area contributed by atoms with Gasteiger partial charge in [0.05, 0.1) is 6.61 Å². The predicted octanol–water partition coefficient (Wildman–Crippen LogP) is 2.42. The molecular formula is C15H25N3O. The van der Waals surface area contributed by atoms with Crippen LogP contribution in [0.1, 0.15) is 20.3 Å². The molecule has 1 heterocycles. The number of likely N-dealkylation sites (tertiary alicyclic amines) is 1. The van der Waals surface area contributed by atoms with Gasteiger partial charge in [-0.1, -0.05) is 6.92 Å². The highest BCUT2D eigenvalue weighted by Crippen LogP contribution is 2.24. The molecule has 1 aliphatic rings. The van der Waals surface area contributed by atoms with Gasteiger partial charge in [0.2, 0.25) is 0 Å². The fourth-order valence-corrected chi connectivity index (χ4v) is 2.60. The van der Waals surface area contributed by atoms with E-state index in [2.05, 4.69) is 17.1 Å². The Bertz CT molecular complexity index is 408. The first-order valence-corrected chi connectivity index (χ1v) is 7.20. The molecule has 1 unspecified atom stereocenters. The standard InChI is InChI=1S/C15H25N3O/c1-3-18-6-5-12(11-18)10-17-14-7-13(16)8-15(9-14)19-4-2/h7-9,12,17H,3-6,10-11,16H2,1-2H3. The van der Waals surface area contributed by atoms with E-state index in [0.29, 0.717) is 6.61 Å². The Morgan fingerprint density at radius 3 is 2.89 bits per heavy atom. The van der Waals surface area contributed by atoms with E-state index in [-0.39, 0.29) is 0 Å². The molecule has 106 valence electrons. The number of nitrogen functional groups attached to an aromatic ring is 1. The Morgan fingerprint density at radius 2 is 2.21 bits per heavy atom. The summed E-state index contributed by atoms with van der Waals surface area (Å²) in [5.41, 5.74) is 7.69. The first-order valence-electron chi connectivity index (χ1n) is 7.20. The second-order valence-corrected chi connectivity index (χ2v) is 5.15. The Morgan fingerprint density at radius 1 is 1.37 bits per heavy atom. The Hall–Kier alpha value is -1.42. The summed E-state index contributed by atoms with van der Waals surface area (Å²) in [4.78, 5) is 2.50. The molecule has 1 fully saturated rings. The number of hydrogen-bond donors (Lipinski definition) is 2. The van der Waals surface area contributed by atoms with Crippen molar-refractivity contribution >= 4 is 11.4 Å². The molecule has 1 atom stereocenters. The molecule has 0 amide bonds. The number of ether oxygens (including phenoxy) is 1. The van der Waals surface area contributed by atoms with Crippen molar-refractivity contribution in [1.29, 1.82) is 0 Å². The first-order chi connectivity index (χ1) is 9.21. The van der Waals surface area contributed by atoms with Crippen LogP contribution in [0.2, 0.25) is 0 Å². The fourth-order valence-electron chi connectivity index (χ4n) is 2.60. The van der Waals surface area contributed by atoms with E-state index in [0.717, 1.165) is 36.1 Å². The molecule has 0 aromatic heterocycles. The molecule has 0 saturated carbocycles. The Labute approximate surface area is 115 Å². The van der Waals surface area contributed by atoms with Crippen LogP contribution in [-0.2, 0) is 0 Å². The molecule has 3 N–H and O–H groups in total. The third kappa shape index (κ3) is 4.03. The maximum Gasteiger partial charge on any atom is 0.123 e. The van der Waals surface area contributed by atoms with Crippen molar-refractivity contribution in [1.82, 2.24) is 4.90 Å². The summed E-state index contributed by atoms with van der Waals surface area (Å²) in [7, 11) is 0. The lowest BCUT2D eigenvalue weighted by molar-refractivity contribution is 0.340.